The van der Waals surface area contributed by atoms with Crippen LogP contribution in [0, 0.1) is 0 Å². The molecule has 1 N–H and O–H groups in total. The Hall–Kier alpha value is -2.10. The van der Waals surface area contributed by atoms with Gasteiger partial charge < -0.3 is 9.72 Å². The number of hydrogen-bond donors (Lipinski definition) is 1. The van der Waals surface area contributed by atoms with Crippen LogP contribution in [0.1, 0.15) is 5.56 Å². The number of fused-ring (bicyclic) bond motifs is 1. The molecule has 2 aromatic rings. The van der Waals surface area contributed by atoms with Crippen LogP contribution in [-0.2, 0) is 6.42 Å². The van der Waals surface area contributed by atoms with E-state index in [4.69, 9.17) is 4.74 Å². The Morgan fingerprint density at radius 1 is 1.31 bits per heavy atom. The van der Waals surface area contributed by atoms with E-state index in [-0.39, 0.29) is 5.69 Å². The zero-order chi connectivity index (χ0) is 11.0. The van der Waals surface area contributed by atoms with E-state index in [2.05, 4.69) is 9.97 Å². The molecule has 0 aliphatic carbocycles. The van der Waals surface area contributed by atoms with Crippen molar-refractivity contribution in [1.29, 1.82) is 0 Å². The molecule has 0 atom stereocenters. The second-order valence-corrected chi connectivity index (χ2v) is 3.71. The van der Waals surface area contributed by atoms with Gasteiger partial charge in [-0.15, -0.1) is 0 Å². The number of H-pyrrole nitrogens is 1. The smallest absolute Gasteiger partial charge is 0.345 e. The van der Waals surface area contributed by atoms with Crippen LogP contribution in [0.25, 0.3) is 11.3 Å². The molecule has 2 heterocycles. The molecule has 1 aliphatic heterocycles. The summed E-state index contributed by atoms with van der Waals surface area (Å²) in [5.74, 6) is 0.945. The minimum Gasteiger partial charge on any atom is -0.493 e. The van der Waals surface area contributed by atoms with Gasteiger partial charge >= 0.3 is 5.69 Å². The number of hydrogen-bond acceptors (Lipinski definition) is 3. The van der Waals surface area contributed by atoms with Crippen LogP contribution in [0.2, 0.25) is 0 Å². The van der Waals surface area contributed by atoms with Gasteiger partial charge in [-0.05, 0) is 35.4 Å². The molecule has 0 saturated heterocycles. The third kappa shape index (κ3) is 1.48. The second kappa shape index (κ2) is 3.48. The Balaban J connectivity index is 2.10. The standard InChI is InChI=1S/C12H10N2O2/c15-12-13-5-3-10(14-12)8-1-2-11-9(7-8)4-6-16-11/h1-3,5,7H,4,6H2,(H,13,14,15). The largest absolute Gasteiger partial charge is 0.493 e. The Bertz CT molecular complexity index is 590. The molecule has 0 saturated carbocycles. The first-order valence-electron chi connectivity index (χ1n) is 5.14. The highest BCUT2D eigenvalue weighted by atomic mass is 16.5. The Labute approximate surface area is 91.9 Å². The molecule has 0 unspecified atom stereocenters. The van der Waals surface area contributed by atoms with Crippen molar-refractivity contribution in [2.45, 2.75) is 6.42 Å². The fourth-order valence-corrected chi connectivity index (χ4v) is 1.89. The van der Waals surface area contributed by atoms with Crippen molar-refractivity contribution in [3.63, 3.8) is 0 Å². The van der Waals surface area contributed by atoms with Crippen molar-refractivity contribution in [2.75, 3.05) is 6.61 Å². The number of aromatic nitrogens is 2. The minimum absolute atomic E-state index is 0.325. The topological polar surface area (TPSA) is 55.0 Å². The minimum atomic E-state index is -0.325. The number of aromatic amines is 1. The van der Waals surface area contributed by atoms with Crippen molar-refractivity contribution >= 4 is 0 Å². The van der Waals surface area contributed by atoms with E-state index in [1.165, 1.54) is 11.8 Å². The van der Waals surface area contributed by atoms with Gasteiger partial charge in [-0.1, -0.05) is 0 Å². The lowest BCUT2D eigenvalue weighted by Gasteiger charge is -2.03. The summed E-state index contributed by atoms with van der Waals surface area (Å²) >= 11 is 0. The summed E-state index contributed by atoms with van der Waals surface area (Å²) in [6, 6.07) is 7.72. The molecule has 1 aliphatic rings. The lowest BCUT2D eigenvalue weighted by molar-refractivity contribution is 0.357. The number of ether oxygens (including phenoxy) is 1. The third-order valence-corrected chi connectivity index (χ3v) is 2.68. The summed E-state index contributed by atoms with van der Waals surface area (Å²) in [5.41, 5.74) is 2.64. The van der Waals surface area contributed by atoms with Crippen LogP contribution in [0.5, 0.6) is 5.75 Å². The van der Waals surface area contributed by atoms with Crippen LogP contribution in [-0.4, -0.2) is 16.6 Å². The van der Waals surface area contributed by atoms with Crippen LogP contribution in [0.15, 0.2) is 35.3 Å². The molecule has 0 fully saturated rings. The van der Waals surface area contributed by atoms with Gasteiger partial charge in [0.25, 0.3) is 0 Å². The molecule has 0 amide bonds. The van der Waals surface area contributed by atoms with E-state index < -0.39 is 0 Å². The number of nitrogens with one attached hydrogen (secondary N) is 1. The maximum absolute atomic E-state index is 11.1. The van der Waals surface area contributed by atoms with E-state index in [0.717, 1.165) is 30.0 Å². The second-order valence-electron chi connectivity index (χ2n) is 3.71. The predicted octanol–water partition coefficient (Wildman–Crippen LogP) is 1.37. The molecule has 0 bridgehead atoms. The molecule has 0 radical (unpaired) electrons. The van der Waals surface area contributed by atoms with Gasteiger partial charge in [0.1, 0.15) is 5.75 Å². The van der Waals surface area contributed by atoms with Gasteiger partial charge in [-0.3, -0.25) is 0 Å². The highest BCUT2D eigenvalue weighted by molar-refractivity contribution is 5.62. The summed E-state index contributed by atoms with van der Waals surface area (Å²) in [4.78, 5) is 17.4. The maximum Gasteiger partial charge on any atom is 0.345 e. The molecule has 4 nitrogen and oxygen atoms in total. The molecule has 1 aromatic carbocycles. The molecule has 0 spiro atoms. The van der Waals surface area contributed by atoms with Crippen LogP contribution < -0.4 is 10.4 Å². The average molecular weight is 214 g/mol. The van der Waals surface area contributed by atoms with E-state index >= 15 is 0 Å². The molecule has 16 heavy (non-hydrogen) atoms. The normalized spacial score (nSPS) is 13.2. The quantitative estimate of drug-likeness (QED) is 0.780. The van der Waals surface area contributed by atoms with E-state index in [0.29, 0.717) is 0 Å². The fourth-order valence-electron chi connectivity index (χ4n) is 1.89. The maximum atomic E-state index is 11.1. The first-order valence-corrected chi connectivity index (χ1v) is 5.14. The van der Waals surface area contributed by atoms with E-state index in [1.54, 1.807) is 6.07 Å². The van der Waals surface area contributed by atoms with Gasteiger partial charge in [0, 0.05) is 12.6 Å². The Morgan fingerprint density at radius 2 is 2.25 bits per heavy atom. The molecule has 1 aromatic heterocycles. The van der Waals surface area contributed by atoms with E-state index in [1.807, 2.05) is 18.2 Å². The Kier molecular flexibility index (Phi) is 1.99. The van der Waals surface area contributed by atoms with Crippen molar-refractivity contribution in [2.24, 2.45) is 0 Å². The van der Waals surface area contributed by atoms with Crippen LogP contribution in [0.4, 0.5) is 0 Å². The molecular weight excluding hydrogens is 204 g/mol. The third-order valence-electron chi connectivity index (χ3n) is 2.68. The Morgan fingerprint density at radius 3 is 3.12 bits per heavy atom. The monoisotopic (exact) mass is 214 g/mol. The lowest BCUT2D eigenvalue weighted by atomic mass is 10.1. The highest BCUT2D eigenvalue weighted by Crippen LogP contribution is 2.29. The average Bonchev–Trinajstić information content (AvgIpc) is 2.75. The van der Waals surface area contributed by atoms with Gasteiger partial charge in [0.15, 0.2) is 0 Å². The molecule has 3 rings (SSSR count). The van der Waals surface area contributed by atoms with Crippen molar-refractivity contribution < 1.29 is 4.74 Å². The van der Waals surface area contributed by atoms with Crippen molar-refractivity contribution in [1.82, 2.24) is 9.97 Å². The number of benzene rings is 1. The van der Waals surface area contributed by atoms with E-state index in [9.17, 15) is 4.79 Å². The van der Waals surface area contributed by atoms with Crippen molar-refractivity contribution in [3.05, 3.63) is 46.5 Å². The summed E-state index contributed by atoms with van der Waals surface area (Å²) in [6.45, 7) is 0.742. The summed E-state index contributed by atoms with van der Waals surface area (Å²) in [6.07, 6.45) is 2.44. The van der Waals surface area contributed by atoms with Crippen LogP contribution >= 0.6 is 0 Å². The number of rotatable bonds is 1. The van der Waals surface area contributed by atoms with Gasteiger partial charge in [-0.25, -0.2) is 9.78 Å². The predicted molar refractivity (Wildman–Crippen MR) is 59.5 cm³/mol. The molecular formula is C12H10N2O2. The summed E-state index contributed by atoms with van der Waals surface area (Å²) in [5, 5.41) is 0. The SMILES string of the molecule is O=c1nccc(-c2ccc3c(c2)CCO3)[nH]1. The lowest BCUT2D eigenvalue weighted by Crippen LogP contribution is -2.09. The summed E-state index contributed by atoms with van der Waals surface area (Å²) in [7, 11) is 0. The zero-order valence-corrected chi connectivity index (χ0v) is 8.56. The van der Waals surface area contributed by atoms with Gasteiger partial charge in [-0.2, -0.15) is 0 Å². The number of nitrogens with zero attached hydrogens (tertiary/aromatic N) is 1. The highest BCUT2D eigenvalue weighted by Gasteiger charge is 2.12. The fraction of sp³-hybridized carbons (Fsp3) is 0.167. The van der Waals surface area contributed by atoms with Gasteiger partial charge in [0.05, 0.1) is 12.3 Å². The van der Waals surface area contributed by atoms with Crippen molar-refractivity contribution in [3.8, 4) is 17.0 Å². The van der Waals surface area contributed by atoms with Gasteiger partial charge in [0.2, 0.25) is 0 Å². The first kappa shape index (κ1) is 9.15. The zero-order valence-electron chi connectivity index (χ0n) is 8.56. The first-order chi connectivity index (χ1) is 7.83. The molecule has 4 heteroatoms. The summed E-state index contributed by atoms with van der Waals surface area (Å²) < 4.78 is 5.43. The van der Waals surface area contributed by atoms with Crippen LogP contribution in [0.3, 0.4) is 0 Å². The molecule has 80 valence electrons.